The number of benzene rings is 4. The van der Waals surface area contributed by atoms with E-state index in [0.717, 1.165) is 43.8 Å². The third-order valence-electron chi connectivity index (χ3n) is 9.09. The maximum absolute atomic E-state index is 14.1. The van der Waals surface area contributed by atoms with Gasteiger partial charge in [-0.05, 0) is 0 Å². The molecule has 11 heteroatoms. The Bertz CT molecular complexity index is 2560. The molecule has 10 nitrogen and oxygen atoms in total. The molecule has 10 rings (SSSR count). The molecular weight excluding hydrogens is 658 g/mol. The summed E-state index contributed by atoms with van der Waals surface area (Å²) in [7, 11) is 0. The fourth-order valence-corrected chi connectivity index (χ4v) is 12.2. The molecule has 0 atom stereocenters. The average Bonchev–Trinajstić information content (AvgIpc) is 3.80. The second kappa shape index (κ2) is 9.69. The molecule has 0 aliphatic carbocycles. The van der Waals surface area contributed by atoms with Gasteiger partial charge in [0.1, 0.15) is 0 Å². The van der Waals surface area contributed by atoms with Crippen LogP contribution in [0.5, 0.6) is 0 Å². The summed E-state index contributed by atoms with van der Waals surface area (Å²) in [6.07, 6.45) is 0. The summed E-state index contributed by atoms with van der Waals surface area (Å²) in [5, 5.41) is 3.49. The standard InChI is InChI=1S/C32H16N8.C5H10O2.Ga/c1-2-10-18-17(9-1)25-33-26(18)38-28-21-13-5-6-14-22(21)30(35-28)40-32-24-16-8-7-15-23(24)31(36-32)39-29-20-12-4-3-11-19(20)27(34-29)37-25;1-5(2,3)4(6)7;/h1-16H;1-3H3,(H,6,7);/q-2;;+3/p-1. The van der Waals surface area contributed by atoms with E-state index in [1.165, 1.54) is 0 Å². The number of carbonyl (C=O) groups is 1. The Morgan fingerprint density at radius 1 is 0.521 bits per heavy atom. The Kier molecular flexibility index (Phi) is 5.54. The summed E-state index contributed by atoms with van der Waals surface area (Å²) in [5.74, 6) is 3.11. The molecule has 0 N–H and O–H groups in total. The molecule has 2 aromatic heterocycles. The fourth-order valence-electron chi connectivity index (χ4n) is 6.76. The number of amidine groups is 4. The van der Waals surface area contributed by atoms with Gasteiger partial charge in [-0.15, -0.1) is 0 Å². The molecule has 0 radical (unpaired) electrons. The van der Waals surface area contributed by atoms with Gasteiger partial charge in [0.05, 0.1) is 0 Å². The first-order chi connectivity index (χ1) is 23.3. The van der Waals surface area contributed by atoms with E-state index in [0.29, 0.717) is 46.0 Å². The van der Waals surface area contributed by atoms with Gasteiger partial charge in [-0.2, -0.15) is 0 Å². The van der Waals surface area contributed by atoms with Gasteiger partial charge < -0.3 is 0 Å². The molecule has 0 saturated heterocycles. The van der Waals surface area contributed by atoms with Crippen LogP contribution in [0.25, 0.3) is 21.5 Å². The molecule has 0 saturated carbocycles. The Morgan fingerprint density at radius 3 is 1.31 bits per heavy atom. The van der Waals surface area contributed by atoms with E-state index in [4.69, 9.17) is 33.5 Å². The molecule has 48 heavy (non-hydrogen) atoms. The Balaban J connectivity index is 1.49. The van der Waals surface area contributed by atoms with E-state index in [1.54, 1.807) is 0 Å². The number of nitrogens with zero attached hydrogens (tertiary/aromatic N) is 8. The molecule has 0 unspecified atom stereocenters. The zero-order valence-electron chi connectivity index (χ0n) is 26.2. The molecule has 6 bridgehead atoms. The molecule has 0 fully saturated rings. The molecule has 0 amide bonds. The van der Waals surface area contributed by atoms with Gasteiger partial charge in [-0.1, -0.05) is 0 Å². The van der Waals surface area contributed by atoms with Gasteiger partial charge in [0.2, 0.25) is 0 Å². The van der Waals surface area contributed by atoms with Crippen LogP contribution in [-0.2, 0) is 8.32 Å². The van der Waals surface area contributed by atoms with Crippen LogP contribution in [0.3, 0.4) is 0 Å². The van der Waals surface area contributed by atoms with Crippen molar-refractivity contribution in [1.82, 2.24) is 6.55 Å². The van der Waals surface area contributed by atoms with Crippen molar-refractivity contribution in [3.63, 3.8) is 0 Å². The van der Waals surface area contributed by atoms with Gasteiger partial charge >= 0.3 is 281 Å². The number of rotatable bonds is 1. The third-order valence-corrected chi connectivity index (χ3v) is 13.9. The Hall–Kier alpha value is -5.65. The fraction of sp³-hybridized carbons (Fsp3) is 0.108. The van der Waals surface area contributed by atoms with Crippen LogP contribution in [0, 0.1) is 5.41 Å². The van der Waals surface area contributed by atoms with Gasteiger partial charge in [0.25, 0.3) is 0 Å². The summed E-state index contributed by atoms with van der Waals surface area (Å²) in [4.78, 5) is 45.3. The summed E-state index contributed by atoms with van der Waals surface area (Å²) in [5.41, 5.74) is 4.01. The predicted octanol–water partition coefficient (Wildman–Crippen LogP) is 5.51. The summed E-state index contributed by atoms with van der Waals surface area (Å²) < 4.78 is 11.0. The van der Waals surface area contributed by atoms with E-state index in [1.807, 2.05) is 118 Å². The van der Waals surface area contributed by atoms with E-state index in [2.05, 4.69) is 6.55 Å². The van der Waals surface area contributed by atoms with Crippen LogP contribution >= 0.6 is 0 Å². The summed E-state index contributed by atoms with van der Waals surface area (Å²) in [6.45, 7) is 5.61. The van der Waals surface area contributed by atoms with Crippen LogP contribution in [0.2, 0.25) is 0 Å². The second-order valence-corrected chi connectivity index (χ2v) is 17.2. The topological polar surface area (TPSA) is 110 Å². The van der Waals surface area contributed by atoms with Crippen molar-refractivity contribution in [3.05, 3.63) is 130 Å². The van der Waals surface area contributed by atoms with Crippen molar-refractivity contribution < 1.29 is 8.32 Å². The normalized spacial score (nSPS) is 15.4. The quantitative estimate of drug-likeness (QED) is 0.213. The van der Waals surface area contributed by atoms with Crippen LogP contribution in [0.15, 0.2) is 127 Å². The molecule has 4 aromatic carbocycles. The molecular formula is C37H25GaN8O2. The molecule has 4 aliphatic rings. The van der Waals surface area contributed by atoms with Gasteiger partial charge in [-0.3, -0.25) is 0 Å². The number of fused-ring (bicyclic) bond motifs is 14. The second-order valence-electron chi connectivity index (χ2n) is 13.2. The molecule has 6 aromatic rings. The van der Waals surface area contributed by atoms with E-state index >= 15 is 0 Å². The number of aromatic nitrogens is 2. The molecule has 6 heterocycles. The number of carbonyl (C=O) groups excluding carboxylic acids is 1. The maximum atomic E-state index is 14.1. The molecule has 4 aliphatic heterocycles. The minimum absolute atomic E-state index is 0.321. The Morgan fingerprint density at radius 2 is 0.896 bits per heavy atom. The van der Waals surface area contributed by atoms with Gasteiger partial charge in [0, 0.05) is 0 Å². The van der Waals surface area contributed by atoms with E-state index in [9.17, 15) is 4.79 Å². The summed E-state index contributed by atoms with van der Waals surface area (Å²) in [6, 6.07) is 32.1. The monoisotopic (exact) mass is 682 g/mol. The molecule has 228 valence electrons. The number of hydrogen-bond acceptors (Lipinski definition) is 8. The number of aliphatic imine (C=N–C) groups is 4. The van der Waals surface area contributed by atoms with Crippen molar-refractivity contribution in [1.29, 1.82) is 0 Å². The van der Waals surface area contributed by atoms with Crippen LogP contribution < -0.4 is 11.0 Å². The van der Waals surface area contributed by atoms with Crippen molar-refractivity contribution in [2.24, 2.45) is 35.4 Å². The van der Waals surface area contributed by atoms with Crippen molar-refractivity contribution in [2.45, 2.75) is 20.8 Å². The minimum atomic E-state index is -3.96. The first kappa shape index (κ1) is 27.5. The Labute approximate surface area is 279 Å². The van der Waals surface area contributed by atoms with Crippen LogP contribution in [0.4, 0.5) is 11.6 Å². The van der Waals surface area contributed by atoms with Crippen molar-refractivity contribution in [2.75, 3.05) is 0 Å². The van der Waals surface area contributed by atoms with Crippen LogP contribution in [0.1, 0.15) is 43.0 Å². The van der Waals surface area contributed by atoms with Crippen molar-refractivity contribution >= 4 is 79.6 Å². The zero-order chi connectivity index (χ0) is 32.3. The number of hydrogen-bond donors (Lipinski definition) is 0. The molecule has 0 spiro atoms. The van der Waals surface area contributed by atoms with Crippen molar-refractivity contribution in [3.8, 4) is 0 Å². The van der Waals surface area contributed by atoms with Gasteiger partial charge in [-0.25, -0.2) is 0 Å². The third kappa shape index (κ3) is 3.79. The zero-order valence-corrected chi connectivity index (χ0v) is 28.6. The summed E-state index contributed by atoms with van der Waals surface area (Å²) >= 11 is -3.96. The first-order valence-corrected chi connectivity index (χ1v) is 19.0. The van der Waals surface area contributed by atoms with Crippen LogP contribution in [-0.4, -0.2) is 52.9 Å². The van der Waals surface area contributed by atoms with E-state index in [-0.39, 0.29) is 5.97 Å². The predicted molar refractivity (Wildman–Crippen MR) is 187 cm³/mol. The van der Waals surface area contributed by atoms with Gasteiger partial charge in [0.15, 0.2) is 0 Å². The first-order valence-electron chi connectivity index (χ1n) is 15.8. The SMILES string of the molecule is CC(C)(C)C(=O)[O][Ga]1[n]2c3c4ccccc4c2N=C2N=C(N=c4c5ccccc5c([n]41)=NC1=NC(=N3)c3ccccc31)c1ccccc12. The average molecular weight is 683 g/mol. The van der Waals surface area contributed by atoms with E-state index < -0.39 is 22.5 Å².